The van der Waals surface area contributed by atoms with Crippen molar-refractivity contribution in [3.63, 3.8) is 0 Å². The molecule has 230 valence electrons. The highest BCUT2D eigenvalue weighted by molar-refractivity contribution is 5.97. The zero-order valence-electron chi connectivity index (χ0n) is 25.7. The lowest BCUT2D eigenvalue weighted by molar-refractivity contribution is 0.619. The Hall–Kier alpha value is -6.93. The lowest BCUT2D eigenvalue weighted by atomic mass is 9.96. The second-order valence-corrected chi connectivity index (χ2v) is 11.8. The van der Waals surface area contributed by atoms with Crippen molar-refractivity contribution in [2.75, 3.05) is 0 Å². The van der Waals surface area contributed by atoms with Gasteiger partial charge in [-0.15, -0.1) is 0 Å². The third kappa shape index (κ3) is 4.73. The molecular weight excluding hydrogens is 610 g/mol. The van der Waals surface area contributed by atoms with Gasteiger partial charge in [-0.25, -0.2) is 15.0 Å². The third-order valence-electron chi connectivity index (χ3n) is 8.73. The summed E-state index contributed by atoms with van der Waals surface area (Å²) in [7, 11) is 0. The normalized spacial score (nSPS) is 11.7. The number of rotatable bonds is 5. The summed E-state index contributed by atoms with van der Waals surface area (Å²) in [4.78, 5) is 22.8. The average molecular weight is 634 g/mol. The van der Waals surface area contributed by atoms with Crippen LogP contribution in [0.1, 0.15) is 0 Å². The summed E-state index contributed by atoms with van der Waals surface area (Å²) >= 11 is 0. The molecule has 0 radical (unpaired) electrons. The maximum Gasteiger partial charge on any atom is 0.228 e. The van der Waals surface area contributed by atoms with Crippen molar-refractivity contribution in [2.24, 2.45) is 0 Å². The van der Waals surface area contributed by atoms with Gasteiger partial charge >= 0.3 is 0 Å². The smallest absolute Gasteiger partial charge is 0.228 e. The van der Waals surface area contributed by atoms with Crippen LogP contribution >= 0.6 is 0 Å². The van der Waals surface area contributed by atoms with Gasteiger partial charge in [0.15, 0.2) is 28.0 Å². The Kier molecular flexibility index (Phi) is 6.01. The summed E-state index contributed by atoms with van der Waals surface area (Å²) in [5, 5.41) is 2.29. The van der Waals surface area contributed by atoms with Gasteiger partial charge in [-0.1, -0.05) is 54.6 Å². The van der Waals surface area contributed by atoms with Gasteiger partial charge in [0, 0.05) is 34.6 Å². The molecule has 0 N–H and O–H groups in total. The number of oxazole rings is 3. The van der Waals surface area contributed by atoms with Crippen LogP contribution in [0.15, 0.2) is 153 Å². The first kappa shape index (κ1) is 27.2. The van der Waals surface area contributed by atoms with Crippen molar-refractivity contribution in [1.29, 1.82) is 0 Å². The van der Waals surface area contributed by atoms with Gasteiger partial charge in [0.25, 0.3) is 0 Å². The molecule has 8 nitrogen and oxygen atoms in total. The first-order valence-corrected chi connectivity index (χ1v) is 15.8. The van der Waals surface area contributed by atoms with Crippen LogP contribution in [0.25, 0.3) is 101 Å². The Morgan fingerprint density at radius 2 is 0.918 bits per heavy atom. The molecule has 0 spiro atoms. The number of hydrogen-bond acceptors (Lipinski definition) is 8. The molecule has 0 aliphatic heterocycles. The first-order valence-electron chi connectivity index (χ1n) is 15.8. The standard InChI is InChI=1S/C41H23N5O3/c1-2-6-29-21-30(18-11-24(29)5-1)41-44-36-32(26-12-16-28(17-13-26)40-46-38-34(48-40)8-4-20-43-38)22-31(23-35(36)49-41)25-9-14-27(15-10-25)39-45-37-33(47-39)7-3-19-42-37/h1-23H. The molecular formula is C41H23N5O3. The highest BCUT2D eigenvalue weighted by atomic mass is 16.4. The number of pyridine rings is 2. The van der Waals surface area contributed by atoms with Gasteiger partial charge in [0.2, 0.25) is 17.7 Å². The Morgan fingerprint density at radius 3 is 1.57 bits per heavy atom. The number of fused-ring (bicyclic) bond motifs is 4. The average Bonchev–Trinajstić information content (AvgIpc) is 3.91. The molecule has 0 atom stereocenters. The summed E-state index contributed by atoms with van der Waals surface area (Å²) < 4.78 is 18.4. The van der Waals surface area contributed by atoms with Crippen LogP contribution in [-0.2, 0) is 0 Å². The number of benzene rings is 5. The predicted octanol–water partition coefficient (Wildman–Crippen LogP) is 10.4. The fourth-order valence-corrected chi connectivity index (χ4v) is 6.24. The minimum atomic E-state index is 0.522. The van der Waals surface area contributed by atoms with Crippen LogP contribution in [0.3, 0.4) is 0 Å². The number of hydrogen-bond donors (Lipinski definition) is 0. The predicted molar refractivity (Wildman–Crippen MR) is 189 cm³/mol. The van der Waals surface area contributed by atoms with Gasteiger partial charge in [-0.2, -0.15) is 9.97 Å². The van der Waals surface area contributed by atoms with Crippen molar-refractivity contribution in [3.8, 4) is 56.6 Å². The zero-order valence-corrected chi connectivity index (χ0v) is 25.7. The Morgan fingerprint density at radius 1 is 0.367 bits per heavy atom. The third-order valence-corrected chi connectivity index (χ3v) is 8.73. The van der Waals surface area contributed by atoms with Crippen LogP contribution in [0.4, 0.5) is 0 Å². The molecule has 0 aliphatic rings. The monoisotopic (exact) mass is 633 g/mol. The van der Waals surface area contributed by atoms with Crippen LogP contribution in [0.2, 0.25) is 0 Å². The molecule has 10 aromatic rings. The fraction of sp³-hybridized carbons (Fsp3) is 0. The molecule has 49 heavy (non-hydrogen) atoms. The lowest BCUT2D eigenvalue weighted by Crippen LogP contribution is -1.86. The van der Waals surface area contributed by atoms with Crippen molar-refractivity contribution in [3.05, 3.63) is 140 Å². The van der Waals surface area contributed by atoms with Crippen molar-refractivity contribution < 1.29 is 13.3 Å². The highest BCUT2D eigenvalue weighted by Gasteiger charge is 2.18. The van der Waals surface area contributed by atoms with Gasteiger partial charge < -0.3 is 13.3 Å². The van der Waals surface area contributed by atoms with Gasteiger partial charge in [0.1, 0.15) is 5.52 Å². The fourth-order valence-electron chi connectivity index (χ4n) is 6.24. The molecule has 0 aliphatic carbocycles. The summed E-state index contributed by atoms with van der Waals surface area (Å²) in [6, 6.07) is 42.4. The lowest BCUT2D eigenvalue weighted by Gasteiger charge is -2.08. The molecule has 0 bridgehead atoms. The minimum absolute atomic E-state index is 0.522. The van der Waals surface area contributed by atoms with Crippen molar-refractivity contribution in [1.82, 2.24) is 24.9 Å². The second kappa shape index (κ2) is 10.8. The van der Waals surface area contributed by atoms with Crippen LogP contribution in [0.5, 0.6) is 0 Å². The largest absolute Gasteiger partial charge is 0.436 e. The maximum atomic E-state index is 6.51. The molecule has 10 rings (SSSR count). The molecule has 5 aromatic heterocycles. The van der Waals surface area contributed by atoms with Gasteiger partial charge in [0.05, 0.1) is 0 Å². The quantitative estimate of drug-likeness (QED) is 0.184. The van der Waals surface area contributed by atoms with Gasteiger partial charge in [-0.3, -0.25) is 0 Å². The second-order valence-electron chi connectivity index (χ2n) is 11.8. The van der Waals surface area contributed by atoms with Crippen molar-refractivity contribution >= 4 is 44.3 Å². The number of nitrogens with zero attached hydrogens (tertiary/aromatic N) is 5. The van der Waals surface area contributed by atoms with E-state index in [1.165, 1.54) is 0 Å². The highest BCUT2D eigenvalue weighted by Crippen LogP contribution is 2.38. The van der Waals surface area contributed by atoms with E-state index in [9.17, 15) is 0 Å². The van der Waals surface area contributed by atoms with E-state index in [-0.39, 0.29) is 0 Å². The van der Waals surface area contributed by atoms with E-state index in [1.54, 1.807) is 12.4 Å². The summed E-state index contributed by atoms with van der Waals surface area (Å²) in [5.74, 6) is 1.62. The molecule has 0 amide bonds. The summed E-state index contributed by atoms with van der Waals surface area (Å²) in [6.07, 6.45) is 3.42. The molecule has 0 saturated heterocycles. The zero-order chi connectivity index (χ0) is 32.3. The van der Waals surface area contributed by atoms with Crippen LogP contribution in [-0.4, -0.2) is 24.9 Å². The topological polar surface area (TPSA) is 104 Å². The molecule has 8 heteroatoms. The van der Waals surface area contributed by atoms with E-state index in [1.807, 2.05) is 60.7 Å². The van der Waals surface area contributed by atoms with Gasteiger partial charge in [-0.05, 0) is 100 Å². The first-order chi connectivity index (χ1) is 24.2. The van der Waals surface area contributed by atoms with Crippen LogP contribution in [0, 0.1) is 0 Å². The molecule has 0 unspecified atom stereocenters. The van der Waals surface area contributed by atoms with Crippen LogP contribution < -0.4 is 0 Å². The van der Waals surface area contributed by atoms with E-state index in [0.717, 1.165) is 55.2 Å². The molecule has 0 saturated carbocycles. The molecule has 5 aromatic carbocycles. The minimum Gasteiger partial charge on any atom is -0.436 e. The Balaban J connectivity index is 1.08. The summed E-state index contributed by atoms with van der Waals surface area (Å²) in [5.41, 5.74) is 10.5. The Labute approximate surface area is 278 Å². The van der Waals surface area contributed by atoms with Crippen molar-refractivity contribution in [2.45, 2.75) is 0 Å². The van der Waals surface area contributed by atoms with E-state index >= 15 is 0 Å². The molecule has 5 heterocycles. The number of aromatic nitrogens is 5. The molecule has 0 fully saturated rings. The summed E-state index contributed by atoms with van der Waals surface area (Å²) in [6.45, 7) is 0. The maximum absolute atomic E-state index is 6.51. The van der Waals surface area contributed by atoms with E-state index in [4.69, 9.17) is 18.2 Å². The van der Waals surface area contributed by atoms with E-state index < -0.39 is 0 Å². The van der Waals surface area contributed by atoms with E-state index in [0.29, 0.717) is 45.7 Å². The SMILES string of the molecule is c1ccc2cc(-c3nc4c(-c5ccc(-c6nc7ncccc7o6)cc5)cc(-c5ccc(-c6nc7ncccc7o6)cc5)cc4o3)ccc2c1. The van der Waals surface area contributed by atoms with E-state index in [2.05, 4.69) is 86.7 Å². The Bertz CT molecular complexity index is 2770.